The predicted octanol–water partition coefficient (Wildman–Crippen LogP) is 2.92. The zero-order valence-electron chi connectivity index (χ0n) is 9.05. The lowest BCUT2D eigenvalue weighted by Gasteiger charge is -2.29. The van der Waals surface area contributed by atoms with Gasteiger partial charge in [0.05, 0.1) is 5.57 Å². The van der Waals surface area contributed by atoms with Gasteiger partial charge in [-0.1, -0.05) is 6.42 Å². The van der Waals surface area contributed by atoms with E-state index in [0.717, 1.165) is 19.3 Å². The summed E-state index contributed by atoms with van der Waals surface area (Å²) in [5.41, 5.74) is -1.28. The van der Waals surface area contributed by atoms with Crippen LogP contribution in [-0.2, 0) is 4.79 Å². The number of halogens is 3. The lowest BCUT2D eigenvalue weighted by Crippen LogP contribution is -2.29. The summed E-state index contributed by atoms with van der Waals surface area (Å²) in [7, 11) is 0. The van der Waals surface area contributed by atoms with Crippen molar-refractivity contribution < 1.29 is 23.1 Å². The van der Waals surface area contributed by atoms with E-state index in [-0.39, 0.29) is 12.3 Å². The van der Waals surface area contributed by atoms with Crippen LogP contribution in [0.3, 0.4) is 0 Å². The molecule has 1 fully saturated rings. The van der Waals surface area contributed by atoms with Crippen LogP contribution in [0.25, 0.3) is 0 Å². The molecule has 0 radical (unpaired) electrons. The number of carboxylic acids is 1. The number of carbonyl (C=O) groups is 1. The highest BCUT2D eigenvalue weighted by molar-refractivity contribution is 5.95. The fraction of sp³-hybridized carbons (Fsp3) is 0.636. The van der Waals surface area contributed by atoms with Gasteiger partial charge in [-0.2, -0.15) is 13.2 Å². The highest BCUT2D eigenvalue weighted by Crippen LogP contribution is 2.39. The first-order valence-electron chi connectivity index (χ1n) is 5.50. The Kier molecular flexibility index (Phi) is 2.97. The van der Waals surface area contributed by atoms with Gasteiger partial charge in [-0.25, -0.2) is 4.79 Å². The topological polar surface area (TPSA) is 49.7 Å². The standard InChI is InChI=1S/C11H12F3NO2/c12-11(13,14)9-7(10(16)17)5-6-3-1-2-4-8(6)15-9/h6H,1-5H2,(H,16,17). The predicted molar refractivity (Wildman–Crippen MR) is 54.7 cm³/mol. The first-order chi connectivity index (χ1) is 7.89. The van der Waals surface area contributed by atoms with Crippen LogP contribution >= 0.6 is 0 Å². The van der Waals surface area contributed by atoms with Crippen molar-refractivity contribution >= 4 is 11.7 Å². The summed E-state index contributed by atoms with van der Waals surface area (Å²) in [5.74, 6) is -1.62. The minimum absolute atomic E-state index is 0.0387. The molecule has 0 aromatic rings. The second kappa shape index (κ2) is 4.16. The maximum absolute atomic E-state index is 12.7. The van der Waals surface area contributed by atoms with Crippen molar-refractivity contribution in [3.63, 3.8) is 0 Å². The fourth-order valence-electron chi connectivity index (χ4n) is 2.41. The molecule has 1 saturated carbocycles. The first kappa shape index (κ1) is 12.1. The van der Waals surface area contributed by atoms with Gasteiger partial charge in [-0.15, -0.1) is 0 Å². The molecule has 0 aromatic heterocycles. The van der Waals surface area contributed by atoms with Crippen LogP contribution < -0.4 is 0 Å². The Balaban J connectivity index is 2.42. The van der Waals surface area contributed by atoms with Gasteiger partial charge in [0.2, 0.25) is 0 Å². The smallest absolute Gasteiger partial charge is 0.433 e. The fourth-order valence-corrected chi connectivity index (χ4v) is 2.41. The Morgan fingerprint density at radius 1 is 1.35 bits per heavy atom. The van der Waals surface area contributed by atoms with E-state index in [1.54, 1.807) is 0 Å². The summed E-state index contributed by atoms with van der Waals surface area (Å²) in [6.45, 7) is 0. The Morgan fingerprint density at radius 3 is 2.65 bits per heavy atom. The van der Waals surface area contributed by atoms with Crippen molar-refractivity contribution in [2.45, 2.75) is 38.3 Å². The molecule has 1 N–H and O–H groups in total. The number of rotatable bonds is 1. The molecule has 0 spiro atoms. The van der Waals surface area contributed by atoms with Crippen LogP contribution in [0.1, 0.15) is 32.1 Å². The van der Waals surface area contributed by atoms with E-state index in [9.17, 15) is 18.0 Å². The highest BCUT2D eigenvalue weighted by atomic mass is 19.4. The summed E-state index contributed by atoms with van der Waals surface area (Å²) < 4.78 is 38.0. The van der Waals surface area contributed by atoms with E-state index in [4.69, 9.17) is 5.11 Å². The molecule has 17 heavy (non-hydrogen) atoms. The average Bonchev–Trinajstić information content (AvgIpc) is 2.26. The third-order valence-corrected chi connectivity index (χ3v) is 3.23. The van der Waals surface area contributed by atoms with Crippen LogP contribution in [0, 0.1) is 5.92 Å². The molecule has 1 aliphatic heterocycles. The summed E-state index contributed by atoms with van der Waals surface area (Å²) in [6, 6.07) is 0. The maximum atomic E-state index is 12.7. The zero-order chi connectivity index (χ0) is 12.6. The summed E-state index contributed by atoms with van der Waals surface area (Å²) in [6.07, 6.45) is -1.66. The normalized spacial score (nSPS) is 25.4. The van der Waals surface area contributed by atoms with Gasteiger partial charge in [0.1, 0.15) is 0 Å². The van der Waals surface area contributed by atoms with E-state index < -0.39 is 23.4 Å². The molecule has 1 heterocycles. The lowest BCUT2D eigenvalue weighted by atomic mass is 9.80. The van der Waals surface area contributed by atoms with Crippen molar-refractivity contribution in [1.29, 1.82) is 0 Å². The van der Waals surface area contributed by atoms with E-state index >= 15 is 0 Å². The molecule has 1 unspecified atom stereocenters. The number of carboxylic acid groups (broad SMARTS) is 1. The third kappa shape index (κ3) is 2.35. The number of aliphatic carboxylic acids is 1. The molecular weight excluding hydrogens is 235 g/mol. The number of nitrogens with zero attached hydrogens (tertiary/aromatic N) is 1. The number of hydrogen-bond acceptors (Lipinski definition) is 2. The third-order valence-electron chi connectivity index (χ3n) is 3.23. The van der Waals surface area contributed by atoms with Crippen LogP contribution in [0.15, 0.2) is 16.3 Å². The monoisotopic (exact) mass is 247 g/mol. The van der Waals surface area contributed by atoms with Crippen molar-refractivity contribution in [2.24, 2.45) is 10.9 Å². The molecule has 3 nitrogen and oxygen atoms in total. The van der Waals surface area contributed by atoms with Gasteiger partial charge < -0.3 is 5.11 Å². The van der Waals surface area contributed by atoms with Crippen LogP contribution in [0.5, 0.6) is 0 Å². The minimum atomic E-state index is -4.68. The molecule has 1 atom stereocenters. The number of aliphatic imine (C=N–C) groups is 1. The first-order valence-corrected chi connectivity index (χ1v) is 5.50. The lowest BCUT2D eigenvalue weighted by molar-refractivity contribution is -0.134. The van der Waals surface area contributed by atoms with Gasteiger partial charge >= 0.3 is 12.1 Å². The van der Waals surface area contributed by atoms with Crippen LogP contribution in [0.4, 0.5) is 13.2 Å². The molecule has 0 amide bonds. The Hall–Kier alpha value is -1.33. The molecular formula is C11H12F3NO2. The van der Waals surface area contributed by atoms with Gasteiger partial charge in [0, 0.05) is 11.6 Å². The molecule has 0 saturated heterocycles. The molecule has 94 valence electrons. The van der Waals surface area contributed by atoms with E-state index in [0.29, 0.717) is 12.1 Å². The van der Waals surface area contributed by atoms with E-state index in [1.165, 1.54) is 0 Å². The summed E-state index contributed by atoms with van der Waals surface area (Å²) in [5, 5.41) is 8.84. The van der Waals surface area contributed by atoms with Gasteiger partial charge in [0.15, 0.2) is 5.70 Å². The largest absolute Gasteiger partial charge is 0.478 e. The van der Waals surface area contributed by atoms with Crippen molar-refractivity contribution in [3.05, 3.63) is 11.3 Å². The average molecular weight is 247 g/mol. The molecule has 0 bridgehead atoms. The number of alkyl halides is 3. The minimum Gasteiger partial charge on any atom is -0.478 e. The number of allylic oxidation sites excluding steroid dienone is 1. The quantitative estimate of drug-likeness (QED) is 0.774. The second-order valence-corrected chi connectivity index (χ2v) is 4.38. The molecule has 0 aromatic carbocycles. The van der Waals surface area contributed by atoms with Gasteiger partial charge in [0.25, 0.3) is 0 Å². The Morgan fingerprint density at radius 2 is 2.06 bits per heavy atom. The SMILES string of the molecule is O=C(O)C1=C(C(F)(F)F)N=C2CCCCC2C1. The Labute approximate surface area is 96.0 Å². The van der Waals surface area contributed by atoms with E-state index in [2.05, 4.69) is 4.99 Å². The Bertz CT molecular complexity index is 409. The number of fused-ring (bicyclic) bond motifs is 1. The summed E-state index contributed by atoms with van der Waals surface area (Å²) in [4.78, 5) is 14.4. The second-order valence-electron chi connectivity index (χ2n) is 4.38. The molecule has 2 aliphatic rings. The van der Waals surface area contributed by atoms with Crippen LogP contribution in [0.2, 0.25) is 0 Å². The van der Waals surface area contributed by atoms with Crippen molar-refractivity contribution in [3.8, 4) is 0 Å². The van der Waals surface area contributed by atoms with Gasteiger partial charge in [-0.05, 0) is 25.7 Å². The molecule has 1 aliphatic carbocycles. The molecule has 2 rings (SSSR count). The highest BCUT2D eigenvalue weighted by Gasteiger charge is 2.42. The van der Waals surface area contributed by atoms with Crippen LogP contribution in [-0.4, -0.2) is 23.0 Å². The van der Waals surface area contributed by atoms with E-state index in [1.807, 2.05) is 0 Å². The van der Waals surface area contributed by atoms with Crippen molar-refractivity contribution in [2.75, 3.05) is 0 Å². The maximum Gasteiger partial charge on any atom is 0.433 e. The van der Waals surface area contributed by atoms with Gasteiger partial charge in [-0.3, -0.25) is 4.99 Å². The summed E-state index contributed by atoms with van der Waals surface area (Å²) >= 11 is 0. The number of hydrogen-bond donors (Lipinski definition) is 1. The molecule has 6 heteroatoms. The van der Waals surface area contributed by atoms with Crippen molar-refractivity contribution in [1.82, 2.24) is 0 Å². The zero-order valence-corrected chi connectivity index (χ0v) is 9.05.